The van der Waals surface area contributed by atoms with Gasteiger partial charge in [-0.3, -0.25) is 0 Å². The van der Waals surface area contributed by atoms with Crippen LogP contribution in [0.2, 0.25) is 0 Å². The Labute approximate surface area is 122 Å². The van der Waals surface area contributed by atoms with Crippen LogP contribution < -0.4 is 10.5 Å². The molecule has 1 unspecified atom stereocenters. The highest BCUT2D eigenvalue weighted by atomic mass is 32.2. The van der Waals surface area contributed by atoms with E-state index in [1.807, 2.05) is 6.92 Å². The van der Waals surface area contributed by atoms with Crippen LogP contribution in [-0.4, -0.2) is 26.8 Å². The summed E-state index contributed by atoms with van der Waals surface area (Å²) in [5, 5.41) is -0.395. The van der Waals surface area contributed by atoms with Gasteiger partial charge in [0.1, 0.15) is 0 Å². The molecule has 1 aromatic rings. The van der Waals surface area contributed by atoms with Crippen molar-refractivity contribution >= 4 is 10.0 Å². The summed E-state index contributed by atoms with van der Waals surface area (Å²) in [7, 11) is -3.19. The van der Waals surface area contributed by atoms with Crippen molar-refractivity contribution in [2.24, 2.45) is 5.73 Å². The molecule has 0 aliphatic carbocycles. The summed E-state index contributed by atoms with van der Waals surface area (Å²) in [5.41, 5.74) is 7.91. The molecule has 114 valence electrons. The largest absolute Gasteiger partial charge is 0.330 e. The molecule has 1 rings (SSSR count). The predicted octanol–water partition coefficient (Wildman–Crippen LogP) is 2.01. The second-order valence-corrected chi connectivity index (χ2v) is 7.80. The van der Waals surface area contributed by atoms with Crippen molar-refractivity contribution in [2.45, 2.75) is 44.8 Å². The van der Waals surface area contributed by atoms with Gasteiger partial charge < -0.3 is 5.73 Å². The predicted molar refractivity (Wildman–Crippen MR) is 84.3 cm³/mol. The summed E-state index contributed by atoms with van der Waals surface area (Å²) in [6, 6.07) is 8.33. The number of nitrogens with one attached hydrogen (secondary N) is 1. The van der Waals surface area contributed by atoms with Crippen LogP contribution in [0.25, 0.3) is 0 Å². The van der Waals surface area contributed by atoms with Gasteiger partial charge in [0.25, 0.3) is 0 Å². The van der Waals surface area contributed by atoms with Gasteiger partial charge in [-0.25, -0.2) is 13.1 Å². The number of benzene rings is 1. The molecule has 0 radical (unpaired) electrons. The standard InChI is InChI=1S/C15H26N2O2S/c1-12(2)20(18,19)17-11-13(3)15-8-6-14(7-9-15)5-4-10-16/h6-9,12-13,17H,4-5,10-11,16H2,1-3H3. The topological polar surface area (TPSA) is 72.2 Å². The van der Waals surface area contributed by atoms with Crippen LogP contribution in [0.1, 0.15) is 44.2 Å². The highest BCUT2D eigenvalue weighted by molar-refractivity contribution is 7.90. The first-order valence-corrected chi connectivity index (χ1v) is 8.69. The molecule has 0 aliphatic rings. The third-order valence-corrected chi connectivity index (χ3v) is 5.24. The minimum absolute atomic E-state index is 0.159. The van der Waals surface area contributed by atoms with Gasteiger partial charge >= 0.3 is 0 Å². The highest BCUT2D eigenvalue weighted by Crippen LogP contribution is 2.16. The summed E-state index contributed by atoms with van der Waals surface area (Å²) in [6.07, 6.45) is 1.98. The van der Waals surface area contributed by atoms with Gasteiger partial charge in [0.05, 0.1) is 5.25 Å². The van der Waals surface area contributed by atoms with Gasteiger partial charge in [-0.15, -0.1) is 0 Å². The van der Waals surface area contributed by atoms with Gasteiger partial charge in [0.15, 0.2) is 0 Å². The fraction of sp³-hybridized carbons (Fsp3) is 0.600. The maximum Gasteiger partial charge on any atom is 0.213 e. The van der Waals surface area contributed by atoms with Crippen molar-refractivity contribution in [3.8, 4) is 0 Å². The zero-order valence-electron chi connectivity index (χ0n) is 12.6. The maximum atomic E-state index is 11.7. The van der Waals surface area contributed by atoms with Crippen LogP contribution in [0.3, 0.4) is 0 Å². The van der Waals surface area contributed by atoms with Crippen molar-refractivity contribution < 1.29 is 8.42 Å². The van der Waals surface area contributed by atoms with Crippen LogP contribution in [0.5, 0.6) is 0 Å². The summed E-state index contributed by atoms with van der Waals surface area (Å²) in [5.74, 6) is 0.159. The van der Waals surface area contributed by atoms with Gasteiger partial charge in [-0.1, -0.05) is 31.2 Å². The van der Waals surface area contributed by atoms with Gasteiger partial charge in [-0.2, -0.15) is 0 Å². The zero-order chi connectivity index (χ0) is 15.2. The fourth-order valence-electron chi connectivity index (χ4n) is 1.84. The first-order valence-electron chi connectivity index (χ1n) is 7.14. The normalized spacial score (nSPS) is 13.7. The summed E-state index contributed by atoms with van der Waals surface area (Å²) >= 11 is 0. The number of aryl methyl sites for hydroxylation is 1. The quantitative estimate of drug-likeness (QED) is 0.771. The maximum absolute atomic E-state index is 11.7. The second-order valence-electron chi connectivity index (χ2n) is 5.48. The van der Waals surface area contributed by atoms with E-state index >= 15 is 0 Å². The van der Waals surface area contributed by atoms with Crippen LogP contribution in [0, 0.1) is 0 Å². The molecule has 0 aromatic heterocycles. The van der Waals surface area contributed by atoms with Crippen LogP contribution in [0.4, 0.5) is 0 Å². The first kappa shape index (κ1) is 17.1. The van der Waals surface area contributed by atoms with Crippen molar-refractivity contribution in [1.82, 2.24) is 4.72 Å². The van der Waals surface area contributed by atoms with E-state index in [2.05, 4.69) is 29.0 Å². The van der Waals surface area contributed by atoms with Crippen molar-refractivity contribution in [3.63, 3.8) is 0 Å². The Morgan fingerprint density at radius 1 is 1.15 bits per heavy atom. The minimum Gasteiger partial charge on any atom is -0.330 e. The van der Waals surface area contributed by atoms with Crippen molar-refractivity contribution in [3.05, 3.63) is 35.4 Å². The molecular formula is C15H26N2O2S. The molecule has 0 fully saturated rings. The third kappa shape index (κ3) is 5.23. The lowest BCUT2D eigenvalue weighted by Gasteiger charge is -2.15. The number of rotatable bonds is 8. The van der Waals surface area contributed by atoms with E-state index in [0.717, 1.165) is 18.4 Å². The summed E-state index contributed by atoms with van der Waals surface area (Å²) < 4.78 is 26.1. The summed E-state index contributed by atoms with van der Waals surface area (Å²) in [6.45, 7) is 6.52. The van der Waals surface area contributed by atoms with E-state index in [4.69, 9.17) is 5.73 Å². The number of nitrogens with two attached hydrogens (primary N) is 1. The molecule has 0 spiro atoms. The van der Waals surface area contributed by atoms with Crippen LogP contribution in [0.15, 0.2) is 24.3 Å². The molecular weight excluding hydrogens is 272 g/mol. The summed E-state index contributed by atoms with van der Waals surface area (Å²) in [4.78, 5) is 0. The van der Waals surface area contributed by atoms with Crippen molar-refractivity contribution in [2.75, 3.05) is 13.1 Å². The molecule has 0 bridgehead atoms. The second kappa shape index (κ2) is 7.76. The number of hydrogen-bond donors (Lipinski definition) is 2. The van der Waals surface area contributed by atoms with Crippen LogP contribution >= 0.6 is 0 Å². The minimum atomic E-state index is -3.19. The fourth-order valence-corrected chi connectivity index (χ4v) is 2.66. The lowest BCUT2D eigenvalue weighted by Crippen LogP contribution is -2.33. The molecule has 5 heteroatoms. The smallest absolute Gasteiger partial charge is 0.213 e. The molecule has 0 aliphatic heterocycles. The van der Waals surface area contributed by atoms with Crippen LogP contribution in [-0.2, 0) is 16.4 Å². The molecule has 1 atom stereocenters. The Morgan fingerprint density at radius 3 is 2.25 bits per heavy atom. The Morgan fingerprint density at radius 2 is 1.75 bits per heavy atom. The molecule has 0 saturated carbocycles. The van der Waals surface area contributed by atoms with E-state index in [9.17, 15) is 8.42 Å². The number of sulfonamides is 1. The van der Waals surface area contributed by atoms with Gasteiger partial charge in [-0.05, 0) is 50.3 Å². The molecule has 20 heavy (non-hydrogen) atoms. The zero-order valence-corrected chi connectivity index (χ0v) is 13.4. The van der Waals surface area contributed by atoms with Gasteiger partial charge in [0.2, 0.25) is 10.0 Å². The SMILES string of the molecule is CC(CNS(=O)(=O)C(C)C)c1ccc(CCCN)cc1. The average Bonchev–Trinajstić information content (AvgIpc) is 2.43. The monoisotopic (exact) mass is 298 g/mol. The molecule has 4 nitrogen and oxygen atoms in total. The average molecular weight is 298 g/mol. The Kier molecular flexibility index (Phi) is 6.65. The molecule has 3 N–H and O–H groups in total. The van der Waals surface area contributed by atoms with Gasteiger partial charge in [0, 0.05) is 6.54 Å². The lowest BCUT2D eigenvalue weighted by molar-refractivity contribution is 0.566. The van der Waals surface area contributed by atoms with Crippen molar-refractivity contribution in [1.29, 1.82) is 0 Å². The number of hydrogen-bond acceptors (Lipinski definition) is 3. The molecule has 0 amide bonds. The lowest BCUT2D eigenvalue weighted by atomic mass is 9.99. The highest BCUT2D eigenvalue weighted by Gasteiger charge is 2.16. The Hall–Kier alpha value is -0.910. The van der Waals surface area contributed by atoms with E-state index in [-0.39, 0.29) is 5.92 Å². The third-order valence-electron chi connectivity index (χ3n) is 3.43. The molecule has 1 aromatic carbocycles. The Bertz CT molecular complexity index is 495. The van der Waals surface area contributed by atoms with E-state index in [0.29, 0.717) is 13.1 Å². The molecule has 0 saturated heterocycles. The van der Waals surface area contributed by atoms with E-state index in [1.54, 1.807) is 13.8 Å². The van der Waals surface area contributed by atoms with E-state index in [1.165, 1.54) is 5.56 Å². The van der Waals surface area contributed by atoms with E-state index < -0.39 is 15.3 Å². The first-order chi connectivity index (χ1) is 9.36. The Balaban J connectivity index is 2.57. The molecule has 0 heterocycles.